The highest BCUT2D eigenvalue weighted by Crippen LogP contribution is 2.29. The number of benzene rings is 2. The number of nitrogens with one attached hydrogen (secondary N) is 1. The molecule has 1 amide bonds. The van der Waals surface area contributed by atoms with Crippen LogP contribution in [0.4, 0.5) is 0 Å². The molecule has 0 aliphatic carbocycles. The van der Waals surface area contributed by atoms with Crippen LogP contribution in [0.25, 0.3) is 0 Å². The molecule has 1 heterocycles. The Kier molecular flexibility index (Phi) is 7.75. The first-order valence-electron chi connectivity index (χ1n) is 10.2. The Bertz CT molecular complexity index is 773. The van der Waals surface area contributed by atoms with E-state index in [1.165, 1.54) is 25.7 Å². The monoisotopic (exact) mass is 400 g/mol. The maximum atomic E-state index is 12.9. The number of carbonyl (C=O) groups excluding carboxylic acids is 1. The van der Waals surface area contributed by atoms with Gasteiger partial charge in [0.15, 0.2) is 0 Å². The average molecular weight is 401 g/mol. The molecule has 1 fully saturated rings. The van der Waals surface area contributed by atoms with Crippen LogP contribution in [0.5, 0.6) is 5.75 Å². The molecular formula is C23H29ClN2O2. The van der Waals surface area contributed by atoms with E-state index in [0.717, 1.165) is 23.7 Å². The van der Waals surface area contributed by atoms with Gasteiger partial charge in [-0.05, 0) is 56.6 Å². The summed E-state index contributed by atoms with van der Waals surface area (Å²) in [6, 6.07) is 15.4. The Morgan fingerprint density at radius 1 is 1.07 bits per heavy atom. The lowest BCUT2D eigenvalue weighted by molar-refractivity contribution is 0.0929. The Morgan fingerprint density at radius 3 is 2.46 bits per heavy atom. The number of carbonyl (C=O) groups is 1. The number of likely N-dealkylation sites (tertiary alicyclic amines) is 1. The molecule has 0 aromatic heterocycles. The molecule has 0 spiro atoms. The van der Waals surface area contributed by atoms with E-state index < -0.39 is 0 Å². The SMILES string of the molecule is CCOc1ccccc1C(=O)NC[C@@H](c1ccccc1Cl)N1CCCCCC1. The van der Waals surface area contributed by atoms with Gasteiger partial charge < -0.3 is 10.1 Å². The first-order chi connectivity index (χ1) is 13.7. The zero-order chi connectivity index (χ0) is 19.8. The fourth-order valence-corrected chi connectivity index (χ4v) is 4.07. The summed E-state index contributed by atoms with van der Waals surface area (Å²) >= 11 is 6.52. The Morgan fingerprint density at radius 2 is 1.75 bits per heavy atom. The number of hydrogen-bond acceptors (Lipinski definition) is 3. The molecule has 150 valence electrons. The summed E-state index contributed by atoms with van der Waals surface area (Å²) in [6.45, 7) is 5.02. The van der Waals surface area contributed by atoms with Crippen LogP contribution in [0.3, 0.4) is 0 Å². The Balaban J connectivity index is 1.78. The number of halogens is 1. The van der Waals surface area contributed by atoms with Crippen molar-refractivity contribution in [2.45, 2.75) is 38.6 Å². The van der Waals surface area contributed by atoms with Crippen molar-refractivity contribution in [1.29, 1.82) is 0 Å². The van der Waals surface area contributed by atoms with Crippen LogP contribution in [0.2, 0.25) is 5.02 Å². The molecule has 1 saturated heterocycles. The van der Waals surface area contributed by atoms with Crippen LogP contribution in [-0.4, -0.2) is 37.0 Å². The highest BCUT2D eigenvalue weighted by molar-refractivity contribution is 6.31. The van der Waals surface area contributed by atoms with E-state index in [2.05, 4.69) is 16.3 Å². The van der Waals surface area contributed by atoms with Crippen molar-refractivity contribution in [1.82, 2.24) is 10.2 Å². The van der Waals surface area contributed by atoms with Crippen molar-refractivity contribution in [3.8, 4) is 5.75 Å². The van der Waals surface area contributed by atoms with Crippen molar-refractivity contribution >= 4 is 17.5 Å². The van der Waals surface area contributed by atoms with Gasteiger partial charge in [-0.25, -0.2) is 0 Å². The second kappa shape index (κ2) is 10.5. The van der Waals surface area contributed by atoms with Gasteiger partial charge >= 0.3 is 0 Å². The van der Waals surface area contributed by atoms with E-state index in [1.54, 1.807) is 6.07 Å². The van der Waals surface area contributed by atoms with Gasteiger partial charge in [0.1, 0.15) is 5.75 Å². The summed E-state index contributed by atoms with van der Waals surface area (Å²) in [6.07, 6.45) is 4.89. The lowest BCUT2D eigenvalue weighted by Crippen LogP contribution is -2.39. The second-order valence-electron chi connectivity index (χ2n) is 7.13. The molecule has 0 bridgehead atoms. The van der Waals surface area contributed by atoms with E-state index in [4.69, 9.17) is 16.3 Å². The minimum atomic E-state index is -0.115. The zero-order valence-electron chi connectivity index (χ0n) is 16.5. The minimum absolute atomic E-state index is 0.0648. The van der Waals surface area contributed by atoms with Crippen molar-refractivity contribution in [2.24, 2.45) is 0 Å². The fourth-order valence-electron chi connectivity index (χ4n) is 3.81. The third-order valence-corrected chi connectivity index (χ3v) is 5.58. The summed E-state index contributed by atoms with van der Waals surface area (Å²) in [5, 5.41) is 3.87. The molecule has 0 unspecified atom stereocenters. The van der Waals surface area contributed by atoms with Gasteiger partial charge in [0, 0.05) is 11.6 Å². The third kappa shape index (κ3) is 5.27. The van der Waals surface area contributed by atoms with Crippen molar-refractivity contribution in [2.75, 3.05) is 26.2 Å². The van der Waals surface area contributed by atoms with Crippen molar-refractivity contribution in [3.63, 3.8) is 0 Å². The number of para-hydroxylation sites is 1. The predicted molar refractivity (Wildman–Crippen MR) is 114 cm³/mol. The number of ether oxygens (including phenoxy) is 1. The molecule has 0 saturated carbocycles. The van der Waals surface area contributed by atoms with Crippen LogP contribution in [0, 0.1) is 0 Å². The molecule has 1 atom stereocenters. The summed E-state index contributed by atoms with van der Waals surface area (Å²) in [4.78, 5) is 15.3. The Hall–Kier alpha value is -2.04. The molecule has 28 heavy (non-hydrogen) atoms. The highest BCUT2D eigenvalue weighted by atomic mass is 35.5. The van der Waals surface area contributed by atoms with Crippen LogP contribution >= 0.6 is 11.6 Å². The maximum absolute atomic E-state index is 12.9. The van der Waals surface area contributed by atoms with E-state index in [-0.39, 0.29) is 11.9 Å². The predicted octanol–water partition coefficient (Wildman–Crippen LogP) is 5.09. The number of hydrogen-bond donors (Lipinski definition) is 1. The van der Waals surface area contributed by atoms with Crippen LogP contribution in [0.15, 0.2) is 48.5 Å². The summed E-state index contributed by atoms with van der Waals surface area (Å²) in [5.41, 5.74) is 1.64. The molecule has 2 aromatic rings. The largest absolute Gasteiger partial charge is 0.493 e. The molecule has 1 N–H and O–H groups in total. The topological polar surface area (TPSA) is 41.6 Å². The molecule has 1 aliphatic rings. The van der Waals surface area contributed by atoms with E-state index in [0.29, 0.717) is 24.5 Å². The minimum Gasteiger partial charge on any atom is -0.493 e. The molecule has 3 rings (SSSR count). The van der Waals surface area contributed by atoms with Crippen LogP contribution in [0.1, 0.15) is 54.6 Å². The molecule has 4 nitrogen and oxygen atoms in total. The summed E-state index contributed by atoms with van der Waals surface area (Å²) in [5.74, 6) is 0.502. The summed E-state index contributed by atoms with van der Waals surface area (Å²) in [7, 11) is 0. The van der Waals surface area contributed by atoms with Gasteiger partial charge in [-0.15, -0.1) is 0 Å². The lowest BCUT2D eigenvalue weighted by atomic mass is 10.0. The third-order valence-electron chi connectivity index (χ3n) is 5.23. The Labute approximate surface area is 172 Å². The second-order valence-corrected chi connectivity index (χ2v) is 7.53. The molecule has 5 heteroatoms. The van der Waals surface area contributed by atoms with Gasteiger partial charge in [0.2, 0.25) is 0 Å². The van der Waals surface area contributed by atoms with E-state index in [9.17, 15) is 4.79 Å². The number of amides is 1. The quantitative estimate of drug-likeness (QED) is 0.704. The van der Waals surface area contributed by atoms with E-state index in [1.807, 2.05) is 43.3 Å². The fraction of sp³-hybridized carbons (Fsp3) is 0.435. The van der Waals surface area contributed by atoms with Gasteiger partial charge in [-0.1, -0.05) is 54.8 Å². The average Bonchev–Trinajstić information content (AvgIpc) is 2.99. The molecule has 0 radical (unpaired) electrons. The maximum Gasteiger partial charge on any atom is 0.255 e. The lowest BCUT2D eigenvalue weighted by Gasteiger charge is -2.32. The smallest absolute Gasteiger partial charge is 0.255 e. The summed E-state index contributed by atoms with van der Waals surface area (Å²) < 4.78 is 5.61. The van der Waals surface area contributed by atoms with Gasteiger partial charge in [0.25, 0.3) is 5.91 Å². The first-order valence-corrected chi connectivity index (χ1v) is 10.6. The standard InChI is InChI=1S/C23H29ClN2O2/c1-2-28-22-14-8-6-12-19(22)23(27)25-17-21(18-11-5-7-13-20(18)24)26-15-9-3-4-10-16-26/h5-8,11-14,21H,2-4,9-10,15-17H2,1H3,(H,25,27)/t21-/m0/s1. The van der Waals surface area contributed by atoms with Gasteiger partial charge in [-0.2, -0.15) is 0 Å². The zero-order valence-corrected chi connectivity index (χ0v) is 17.3. The molecule has 2 aromatic carbocycles. The number of nitrogens with zero attached hydrogens (tertiary/aromatic N) is 1. The van der Waals surface area contributed by atoms with Gasteiger partial charge in [0.05, 0.1) is 18.2 Å². The van der Waals surface area contributed by atoms with Crippen molar-refractivity contribution in [3.05, 3.63) is 64.7 Å². The first kappa shape index (κ1) is 20.7. The molecular weight excluding hydrogens is 372 g/mol. The normalized spacial score (nSPS) is 16.2. The van der Waals surface area contributed by atoms with Gasteiger partial charge in [-0.3, -0.25) is 9.69 Å². The van der Waals surface area contributed by atoms with E-state index >= 15 is 0 Å². The van der Waals surface area contributed by atoms with Crippen LogP contribution < -0.4 is 10.1 Å². The molecule has 1 aliphatic heterocycles. The highest BCUT2D eigenvalue weighted by Gasteiger charge is 2.24. The van der Waals surface area contributed by atoms with Crippen molar-refractivity contribution < 1.29 is 9.53 Å². The van der Waals surface area contributed by atoms with Crippen LogP contribution in [-0.2, 0) is 0 Å². The number of rotatable bonds is 7.